The zero-order valence-corrected chi connectivity index (χ0v) is 14.4. The highest BCUT2D eigenvalue weighted by molar-refractivity contribution is 5.96. The van der Waals surface area contributed by atoms with E-state index >= 15 is 0 Å². The summed E-state index contributed by atoms with van der Waals surface area (Å²) >= 11 is 0. The number of esters is 1. The number of carbonyl (C=O) groups excluding carboxylic acids is 2. The van der Waals surface area contributed by atoms with E-state index in [0.717, 1.165) is 0 Å². The maximum Gasteiger partial charge on any atom is 0.340 e. The van der Waals surface area contributed by atoms with E-state index < -0.39 is 23.4 Å². The van der Waals surface area contributed by atoms with Crippen LogP contribution >= 0.6 is 0 Å². The van der Waals surface area contributed by atoms with E-state index in [0.29, 0.717) is 16.6 Å². The largest absolute Gasteiger partial charge is 0.449 e. The molecule has 0 aliphatic rings. The van der Waals surface area contributed by atoms with Crippen LogP contribution < -0.4 is 5.32 Å². The Balaban J connectivity index is 2.20. The van der Waals surface area contributed by atoms with Gasteiger partial charge in [0.15, 0.2) is 6.10 Å². The van der Waals surface area contributed by atoms with Gasteiger partial charge in [-0.2, -0.15) is 0 Å². The minimum absolute atomic E-state index is 0.254. The maximum atomic E-state index is 13.2. The number of aromatic nitrogens is 1. The molecule has 0 unspecified atom stereocenters. The van der Waals surface area contributed by atoms with Crippen molar-refractivity contribution in [1.29, 1.82) is 0 Å². The van der Waals surface area contributed by atoms with Crippen molar-refractivity contribution in [3.05, 3.63) is 41.3 Å². The van der Waals surface area contributed by atoms with Gasteiger partial charge in [0.25, 0.3) is 5.91 Å². The van der Waals surface area contributed by atoms with Crippen molar-refractivity contribution < 1.29 is 18.7 Å². The third-order valence-corrected chi connectivity index (χ3v) is 3.34. The summed E-state index contributed by atoms with van der Waals surface area (Å²) < 4.78 is 18.5. The van der Waals surface area contributed by atoms with E-state index in [1.165, 1.54) is 19.1 Å². The van der Waals surface area contributed by atoms with Crippen LogP contribution in [0.2, 0.25) is 0 Å². The first-order chi connectivity index (χ1) is 11.1. The number of nitrogens with one attached hydrogen (secondary N) is 1. The summed E-state index contributed by atoms with van der Waals surface area (Å²) in [6.07, 6.45) is -0.931. The first-order valence-electron chi connectivity index (χ1n) is 7.67. The lowest BCUT2D eigenvalue weighted by molar-refractivity contribution is -0.130. The van der Waals surface area contributed by atoms with E-state index in [9.17, 15) is 14.0 Å². The Hall–Kier alpha value is -2.50. The lowest BCUT2D eigenvalue weighted by atomic mass is 10.1. The Morgan fingerprint density at radius 3 is 2.54 bits per heavy atom. The molecule has 0 radical (unpaired) electrons. The molecule has 1 aromatic heterocycles. The predicted octanol–water partition coefficient (Wildman–Crippen LogP) is 3.14. The van der Waals surface area contributed by atoms with Gasteiger partial charge >= 0.3 is 5.97 Å². The molecule has 0 spiro atoms. The summed E-state index contributed by atoms with van der Waals surface area (Å²) in [6, 6.07) is 5.74. The number of nitrogens with zero attached hydrogens (tertiary/aromatic N) is 1. The second-order valence-electron chi connectivity index (χ2n) is 6.75. The fraction of sp³-hybridized carbons (Fsp3) is 0.389. The normalized spacial score (nSPS) is 12.8. The van der Waals surface area contributed by atoms with Crippen LogP contribution in [-0.2, 0) is 9.53 Å². The fourth-order valence-corrected chi connectivity index (χ4v) is 2.19. The lowest BCUT2D eigenvalue weighted by Gasteiger charge is -2.23. The minimum atomic E-state index is -0.931. The van der Waals surface area contributed by atoms with Gasteiger partial charge in [0.1, 0.15) is 5.82 Å². The van der Waals surface area contributed by atoms with Crippen LogP contribution in [-0.4, -0.2) is 28.5 Å². The third-order valence-electron chi connectivity index (χ3n) is 3.34. The molecular formula is C18H21FN2O3. The quantitative estimate of drug-likeness (QED) is 0.877. The van der Waals surface area contributed by atoms with Crippen molar-refractivity contribution in [2.75, 3.05) is 0 Å². The third kappa shape index (κ3) is 4.28. The van der Waals surface area contributed by atoms with Gasteiger partial charge < -0.3 is 10.1 Å². The summed E-state index contributed by atoms with van der Waals surface area (Å²) in [6.45, 7) is 8.68. The number of carbonyl (C=O) groups is 2. The number of pyridine rings is 1. The topological polar surface area (TPSA) is 68.3 Å². The number of hydrogen-bond donors (Lipinski definition) is 1. The molecule has 0 aliphatic heterocycles. The van der Waals surface area contributed by atoms with Gasteiger partial charge in [0.2, 0.25) is 0 Å². The van der Waals surface area contributed by atoms with Crippen LogP contribution in [0.1, 0.15) is 43.7 Å². The monoisotopic (exact) mass is 332 g/mol. The van der Waals surface area contributed by atoms with Gasteiger partial charge in [-0.1, -0.05) is 0 Å². The Bertz CT molecular complexity index is 797. The van der Waals surface area contributed by atoms with Crippen molar-refractivity contribution in [3.8, 4) is 0 Å². The molecule has 128 valence electrons. The molecule has 1 atom stereocenters. The van der Waals surface area contributed by atoms with E-state index in [2.05, 4.69) is 10.3 Å². The van der Waals surface area contributed by atoms with Crippen molar-refractivity contribution >= 4 is 22.8 Å². The minimum Gasteiger partial charge on any atom is -0.449 e. The molecule has 2 rings (SSSR count). The van der Waals surface area contributed by atoms with Crippen molar-refractivity contribution in [3.63, 3.8) is 0 Å². The summed E-state index contributed by atoms with van der Waals surface area (Å²) in [5.41, 5.74) is 0.719. The first-order valence-corrected chi connectivity index (χ1v) is 7.67. The lowest BCUT2D eigenvalue weighted by Crippen LogP contribution is -2.46. The number of halogens is 1. The zero-order valence-electron chi connectivity index (χ0n) is 14.4. The van der Waals surface area contributed by atoms with Gasteiger partial charge in [0.05, 0.1) is 16.8 Å². The highest BCUT2D eigenvalue weighted by Crippen LogP contribution is 2.19. The van der Waals surface area contributed by atoms with Gasteiger partial charge in [-0.3, -0.25) is 9.78 Å². The molecule has 0 saturated heterocycles. The van der Waals surface area contributed by atoms with Crippen LogP contribution in [0.15, 0.2) is 24.3 Å². The number of benzene rings is 1. The van der Waals surface area contributed by atoms with Crippen LogP contribution in [0.5, 0.6) is 0 Å². The molecule has 6 heteroatoms. The van der Waals surface area contributed by atoms with Crippen LogP contribution in [0.25, 0.3) is 10.9 Å². The molecule has 24 heavy (non-hydrogen) atoms. The van der Waals surface area contributed by atoms with Gasteiger partial charge in [0, 0.05) is 17.0 Å². The SMILES string of the molecule is Cc1nc2cc(F)ccc2cc1C(=O)O[C@H](C)C(=O)NC(C)(C)C. The number of hydrogen-bond acceptors (Lipinski definition) is 4. The number of ether oxygens (including phenoxy) is 1. The van der Waals surface area contributed by atoms with Crippen molar-refractivity contribution in [2.24, 2.45) is 0 Å². The number of rotatable bonds is 3. The molecule has 0 saturated carbocycles. The first kappa shape index (κ1) is 17.8. The molecule has 0 aliphatic carbocycles. The summed E-state index contributed by atoms with van der Waals surface area (Å²) in [4.78, 5) is 28.6. The van der Waals surface area contributed by atoms with Gasteiger partial charge in [-0.15, -0.1) is 0 Å². The Kier molecular flexibility index (Phi) is 4.87. The molecule has 5 nitrogen and oxygen atoms in total. The standard InChI is InChI=1S/C18H21FN2O3/c1-10-14(8-12-6-7-13(19)9-15(12)20-10)17(23)24-11(2)16(22)21-18(3,4)5/h6-9,11H,1-5H3,(H,21,22)/t11-/m1/s1. The number of amides is 1. The number of fused-ring (bicyclic) bond motifs is 1. The van der Waals surface area contributed by atoms with E-state index in [1.807, 2.05) is 20.8 Å². The fourth-order valence-electron chi connectivity index (χ4n) is 2.19. The summed E-state index contributed by atoms with van der Waals surface area (Å²) in [7, 11) is 0. The van der Waals surface area contributed by atoms with Crippen LogP contribution in [0, 0.1) is 12.7 Å². The average molecular weight is 332 g/mol. The molecule has 2 aromatic rings. The van der Waals surface area contributed by atoms with Gasteiger partial charge in [-0.25, -0.2) is 9.18 Å². The molecule has 1 heterocycles. The Labute approximate surface area is 140 Å². The predicted molar refractivity (Wildman–Crippen MR) is 89.2 cm³/mol. The highest BCUT2D eigenvalue weighted by Gasteiger charge is 2.24. The molecule has 0 fully saturated rings. The second-order valence-corrected chi connectivity index (χ2v) is 6.75. The average Bonchev–Trinajstić information content (AvgIpc) is 2.44. The Morgan fingerprint density at radius 2 is 1.92 bits per heavy atom. The highest BCUT2D eigenvalue weighted by atomic mass is 19.1. The maximum absolute atomic E-state index is 13.2. The van der Waals surface area contributed by atoms with Crippen LogP contribution in [0.3, 0.4) is 0 Å². The van der Waals surface area contributed by atoms with E-state index in [1.54, 1.807) is 19.1 Å². The molecule has 1 amide bonds. The van der Waals surface area contributed by atoms with Gasteiger partial charge in [-0.05, 0) is 52.8 Å². The molecule has 1 aromatic carbocycles. The molecule has 1 N–H and O–H groups in total. The molecule has 0 bridgehead atoms. The van der Waals surface area contributed by atoms with E-state index in [4.69, 9.17) is 4.74 Å². The summed E-state index contributed by atoms with van der Waals surface area (Å²) in [5, 5.41) is 3.38. The summed E-state index contributed by atoms with van der Waals surface area (Å²) in [5.74, 6) is -1.40. The van der Waals surface area contributed by atoms with E-state index in [-0.39, 0.29) is 11.5 Å². The smallest absolute Gasteiger partial charge is 0.340 e. The van der Waals surface area contributed by atoms with Crippen molar-refractivity contribution in [1.82, 2.24) is 10.3 Å². The molecular weight excluding hydrogens is 311 g/mol. The van der Waals surface area contributed by atoms with Crippen molar-refractivity contribution in [2.45, 2.75) is 46.3 Å². The zero-order chi connectivity index (χ0) is 18.1. The number of aryl methyl sites for hydroxylation is 1. The second kappa shape index (κ2) is 6.55. The Morgan fingerprint density at radius 1 is 1.25 bits per heavy atom. The van der Waals surface area contributed by atoms with Crippen LogP contribution in [0.4, 0.5) is 4.39 Å².